The number of nitro benzene ring substituents is 1. The number of fused-ring (bicyclic) bond motifs is 1. The van der Waals surface area contributed by atoms with E-state index in [1.807, 2.05) is 6.92 Å². The third-order valence-electron chi connectivity index (χ3n) is 5.84. The van der Waals surface area contributed by atoms with Crippen LogP contribution >= 0.6 is 0 Å². The Bertz CT molecular complexity index is 1510. The predicted octanol–water partition coefficient (Wildman–Crippen LogP) is 4.79. The average molecular weight is 491 g/mol. The van der Waals surface area contributed by atoms with Crippen molar-refractivity contribution < 1.29 is 23.6 Å². The van der Waals surface area contributed by atoms with Crippen molar-refractivity contribution in [3.8, 4) is 5.75 Å². The lowest BCUT2D eigenvalue weighted by atomic mass is 9.85. The first-order valence-corrected chi connectivity index (χ1v) is 10.8. The monoisotopic (exact) mass is 491 g/mol. The molecule has 0 spiro atoms. The number of hydrogen-bond acceptors (Lipinski definition) is 6. The number of amides is 2. The molecule has 0 aliphatic carbocycles. The molecule has 0 radical (unpaired) electrons. The van der Waals surface area contributed by atoms with Crippen LogP contribution < -0.4 is 15.8 Å². The summed E-state index contributed by atoms with van der Waals surface area (Å²) in [4.78, 5) is 35.7. The van der Waals surface area contributed by atoms with Crippen LogP contribution in [0.3, 0.4) is 0 Å². The Labute approximate surface area is 204 Å². The minimum atomic E-state index is -0.896. The molecule has 4 rings (SSSR count). The Morgan fingerprint density at radius 1 is 1.19 bits per heavy atom. The standard InChI is InChI=1S/C25H22FN5O5/c1-13-4-5-16(26)11-19(13)14(2)21-20(10-15-12-30(3)29-23(15)22(21)24(27)32)28-25(33)36-18-8-6-17(7-9-18)31(34)35/h4-12,14H,1-3H3,(H2,27,32)(H,28,33). The van der Waals surface area contributed by atoms with Crippen molar-refractivity contribution in [2.45, 2.75) is 19.8 Å². The second-order valence-electron chi connectivity index (χ2n) is 8.31. The van der Waals surface area contributed by atoms with Gasteiger partial charge < -0.3 is 10.5 Å². The third kappa shape index (κ3) is 4.71. The molecule has 0 saturated heterocycles. The number of benzene rings is 3. The number of anilines is 1. The number of hydrogen-bond donors (Lipinski definition) is 2. The zero-order valence-electron chi connectivity index (χ0n) is 19.6. The maximum Gasteiger partial charge on any atom is 0.417 e. The number of aromatic nitrogens is 2. The van der Waals surface area contributed by atoms with Crippen LogP contribution in [0.4, 0.5) is 20.6 Å². The second-order valence-corrected chi connectivity index (χ2v) is 8.31. The third-order valence-corrected chi connectivity index (χ3v) is 5.84. The number of halogens is 1. The first-order valence-electron chi connectivity index (χ1n) is 10.8. The molecule has 1 atom stereocenters. The Morgan fingerprint density at radius 2 is 1.89 bits per heavy atom. The Hall–Kier alpha value is -4.80. The van der Waals surface area contributed by atoms with Gasteiger partial charge in [0.15, 0.2) is 0 Å². The van der Waals surface area contributed by atoms with Gasteiger partial charge in [0.2, 0.25) is 0 Å². The van der Waals surface area contributed by atoms with Gasteiger partial charge in [-0.2, -0.15) is 5.10 Å². The molecule has 0 bridgehead atoms. The molecule has 2 amide bonds. The number of non-ortho nitro benzene ring substituents is 1. The van der Waals surface area contributed by atoms with Gasteiger partial charge >= 0.3 is 6.09 Å². The van der Waals surface area contributed by atoms with E-state index >= 15 is 0 Å². The summed E-state index contributed by atoms with van der Waals surface area (Å²) >= 11 is 0. The van der Waals surface area contributed by atoms with E-state index in [9.17, 15) is 24.1 Å². The molecule has 0 aliphatic heterocycles. The molecule has 0 fully saturated rings. The molecule has 10 nitrogen and oxygen atoms in total. The molecule has 11 heteroatoms. The lowest BCUT2D eigenvalue weighted by Crippen LogP contribution is -2.22. The summed E-state index contributed by atoms with van der Waals surface area (Å²) in [5, 5.41) is 18.4. The van der Waals surface area contributed by atoms with E-state index in [1.54, 1.807) is 32.3 Å². The number of nitrogens with two attached hydrogens (primary N) is 1. The zero-order chi connectivity index (χ0) is 26.1. The van der Waals surface area contributed by atoms with Crippen molar-refractivity contribution in [3.63, 3.8) is 0 Å². The highest BCUT2D eigenvalue weighted by molar-refractivity contribution is 6.09. The maximum atomic E-state index is 14.1. The van der Waals surface area contributed by atoms with Gasteiger partial charge in [-0.15, -0.1) is 0 Å². The molecule has 4 aromatic rings. The van der Waals surface area contributed by atoms with E-state index in [2.05, 4.69) is 10.4 Å². The highest BCUT2D eigenvalue weighted by atomic mass is 19.1. The molecule has 1 unspecified atom stereocenters. The fraction of sp³-hybridized carbons (Fsp3) is 0.160. The number of carbonyl (C=O) groups excluding carboxylic acids is 2. The van der Waals surface area contributed by atoms with Gasteiger partial charge in [-0.25, -0.2) is 9.18 Å². The van der Waals surface area contributed by atoms with Crippen molar-refractivity contribution >= 4 is 34.3 Å². The van der Waals surface area contributed by atoms with Gasteiger partial charge in [-0.1, -0.05) is 13.0 Å². The summed E-state index contributed by atoms with van der Waals surface area (Å²) in [6.07, 6.45) is 0.767. The van der Waals surface area contributed by atoms with E-state index in [0.29, 0.717) is 22.0 Å². The van der Waals surface area contributed by atoms with Crippen LogP contribution in [0.1, 0.15) is 39.9 Å². The van der Waals surface area contributed by atoms with Crippen LogP contribution in [-0.4, -0.2) is 26.7 Å². The first-order chi connectivity index (χ1) is 17.0. The quantitative estimate of drug-likeness (QED) is 0.293. The number of carbonyl (C=O) groups is 2. The van der Waals surface area contributed by atoms with Gasteiger partial charge in [0.25, 0.3) is 11.6 Å². The molecule has 3 aromatic carbocycles. The zero-order valence-corrected chi connectivity index (χ0v) is 19.6. The van der Waals surface area contributed by atoms with Crippen LogP contribution in [0.5, 0.6) is 5.75 Å². The molecule has 184 valence electrons. The van der Waals surface area contributed by atoms with Crippen LogP contribution in [0.25, 0.3) is 10.9 Å². The summed E-state index contributed by atoms with van der Waals surface area (Å²) in [5.74, 6) is -1.70. The Balaban J connectivity index is 1.81. The fourth-order valence-corrected chi connectivity index (χ4v) is 4.22. The van der Waals surface area contributed by atoms with Crippen LogP contribution in [0.2, 0.25) is 0 Å². The predicted molar refractivity (Wildman–Crippen MR) is 131 cm³/mol. The van der Waals surface area contributed by atoms with E-state index in [0.717, 1.165) is 5.56 Å². The minimum absolute atomic E-state index is 0.0752. The topological polar surface area (TPSA) is 142 Å². The summed E-state index contributed by atoms with van der Waals surface area (Å²) in [7, 11) is 1.68. The lowest BCUT2D eigenvalue weighted by molar-refractivity contribution is -0.384. The van der Waals surface area contributed by atoms with Gasteiger partial charge in [0.1, 0.15) is 17.1 Å². The normalized spacial score (nSPS) is 11.8. The Morgan fingerprint density at radius 3 is 2.53 bits per heavy atom. The van der Waals surface area contributed by atoms with Gasteiger partial charge in [-0.05, 0) is 53.9 Å². The molecule has 3 N–H and O–H groups in total. The molecule has 36 heavy (non-hydrogen) atoms. The van der Waals surface area contributed by atoms with Gasteiger partial charge in [-0.3, -0.25) is 24.9 Å². The van der Waals surface area contributed by atoms with Crippen molar-refractivity contribution in [1.29, 1.82) is 0 Å². The van der Waals surface area contributed by atoms with Gasteiger partial charge in [0.05, 0.1) is 10.5 Å². The number of primary amides is 1. The van der Waals surface area contributed by atoms with Gasteiger partial charge in [0, 0.05) is 42.4 Å². The number of aryl methyl sites for hydroxylation is 2. The number of ether oxygens (including phenoxy) is 1. The smallest absolute Gasteiger partial charge is 0.410 e. The largest absolute Gasteiger partial charge is 0.417 e. The average Bonchev–Trinajstić information content (AvgIpc) is 3.18. The van der Waals surface area contributed by atoms with Crippen LogP contribution in [0, 0.1) is 22.9 Å². The van der Waals surface area contributed by atoms with E-state index in [1.165, 1.54) is 41.1 Å². The first kappa shape index (κ1) is 24.3. The summed E-state index contributed by atoms with van der Waals surface area (Å²) in [5.41, 5.74) is 8.01. The fourth-order valence-electron chi connectivity index (χ4n) is 4.22. The maximum absolute atomic E-state index is 14.1. The van der Waals surface area contributed by atoms with Crippen molar-refractivity contribution in [2.75, 3.05) is 5.32 Å². The number of nitrogens with one attached hydrogen (secondary N) is 1. The molecule has 0 saturated carbocycles. The van der Waals surface area contributed by atoms with Crippen molar-refractivity contribution in [1.82, 2.24) is 9.78 Å². The van der Waals surface area contributed by atoms with E-state index < -0.39 is 28.7 Å². The van der Waals surface area contributed by atoms with Crippen molar-refractivity contribution in [3.05, 3.63) is 92.9 Å². The summed E-state index contributed by atoms with van der Waals surface area (Å²) < 4.78 is 20.9. The number of nitro groups is 1. The Kier molecular flexibility index (Phi) is 6.39. The lowest BCUT2D eigenvalue weighted by Gasteiger charge is -2.22. The SMILES string of the molecule is Cc1ccc(F)cc1C(C)c1c(NC(=O)Oc2ccc([N+](=O)[O-])cc2)cc2cn(C)nc2c1C(N)=O. The number of rotatable bonds is 6. The summed E-state index contributed by atoms with van der Waals surface area (Å²) in [6, 6.07) is 10.9. The summed E-state index contributed by atoms with van der Waals surface area (Å²) in [6.45, 7) is 3.58. The van der Waals surface area contributed by atoms with Crippen LogP contribution in [-0.2, 0) is 7.05 Å². The van der Waals surface area contributed by atoms with E-state index in [-0.39, 0.29) is 22.7 Å². The minimum Gasteiger partial charge on any atom is -0.410 e. The van der Waals surface area contributed by atoms with E-state index in [4.69, 9.17) is 10.5 Å². The van der Waals surface area contributed by atoms with Crippen LogP contribution in [0.15, 0.2) is 54.7 Å². The highest BCUT2D eigenvalue weighted by Gasteiger charge is 2.27. The molecular weight excluding hydrogens is 469 g/mol. The molecular formula is C25H22FN5O5. The second kappa shape index (κ2) is 9.45. The number of nitrogens with zero attached hydrogens (tertiary/aromatic N) is 3. The molecule has 0 aliphatic rings. The molecule has 1 heterocycles. The van der Waals surface area contributed by atoms with Crippen molar-refractivity contribution in [2.24, 2.45) is 12.8 Å². The highest BCUT2D eigenvalue weighted by Crippen LogP contribution is 2.38. The molecule has 1 aromatic heterocycles.